The molecule has 0 saturated heterocycles. The standard InChI is InChI=1S/C15H14N2O5/c1-22-15(19)10-5-4-6-11(9-10)16-14(18)12-7-2-3-8-13(12)17(20)21/h2-9,17,20H,1H3,(H,16,18). The van der Waals surface area contributed by atoms with Gasteiger partial charge in [-0.15, -0.1) is 0 Å². The second-order valence-corrected chi connectivity index (χ2v) is 4.38. The highest BCUT2D eigenvalue weighted by molar-refractivity contribution is 6.07. The number of para-hydroxylation sites is 1. The van der Waals surface area contributed by atoms with Crippen molar-refractivity contribution in [1.29, 1.82) is 0 Å². The molecule has 3 N–H and O–H groups in total. The third-order valence-corrected chi connectivity index (χ3v) is 2.94. The Morgan fingerprint density at radius 2 is 1.91 bits per heavy atom. The van der Waals surface area contributed by atoms with Gasteiger partial charge in [-0.2, -0.15) is 5.23 Å². The summed E-state index contributed by atoms with van der Waals surface area (Å²) in [6.07, 6.45) is 0. The maximum atomic E-state index is 12.2. The minimum Gasteiger partial charge on any atom is -0.595 e. The van der Waals surface area contributed by atoms with Gasteiger partial charge in [-0.3, -0.25) is 4.79 Å². The molecule has 0 aromatic heterocycles. The third-order valence-electron chi connectivity index (χ3n) is 2.94. The van der Waals surface area contributed by atoms with E-state index in [9.17, 15) is 14.8 Å². The fourth-order valence-corrected chi connectivity index (χ4v) is 1.91. The van der Waals surface area contributed by atoms with Crippen LogP contribution < -0.4 is 10.5 Å². The van der Waals surface area contributed by atoms with Crippen LogP contribution in [0.1, 0.15) is 20.7 Å². The third kappa shape index (κ3) is 3.47. The molecule has 22 heavy (non-hydrogen) atoms. The molecule has 0 bridgehead atoms. The number of hydrogen-bond acceptors (Lipinski definition) is 5. The normalized spacial score (nSPS) is 11.6. The predicted octanol–water partition coefficient (Wildman–Crippen LogP) is 1.13. The van der Waals surface area contributed by atoms with Crippen molar-refractivity contribution in [2.24, 2.45) is 0 Å². The largest absolute Gasteiger partial charge is 0.595 e. The molecule has 0 aliphatic heterocycles. The number of methoxy groups -OCH3 is 1. The molecule has 0 saturated carbocycles. The lowest BCUT2D eigenvalue weighted by Crippen LogP contribution is -2.99. The number of benzene rings is 2. The van der Waals surface area contributed by atoms with Crippen molar-refractivity contribution in [2.75, 3.05) is 12.4 Å². The molecular weight excluding hydrogens is 288 g/mol. The Bertz CT molecular complexity index is 700. The first-order chi connectivity index (χ1) is 10.5. The molecule has 0 heterocycles. The molecule has 114 valence electrons. The van der Waals surface area contributed by atoms with E-state index in [4.69, 9.17) is 5.21 Å². The molecule has 7 heteroatoms. The lowest BCUT2D eigenvalue weighted by Gasteiger charge is -2.15. The second-order valence-electron chi connectivity index (χ2n) is 4.38. The molecule has 0 aliphatic rings. The minimum atomic E-state index is -1.19. The van der Waals surface area contributed by atoms with E-state index < -0.39 is 17.1 Å². The molecule has 1 amide bonds. The molecule has 2 aromatic carbocycles. The molecule has 2 rings (SSSR count). The number of ether oxygens (including phenoxy) is 1. The van der Waals surface area contributed by atoms with Gasteiger partial charge in [0.1, 0.15) is 5.56 Å². The summed E-state index contributed by atoms with van der Waals surface area (Å²) in [5.74, 6) is -1.10. The van der Waals surface area contributed by atoms with E-state index in [1.807, 2.05) is 0 Å². The van der Waals surface area contributed by atoms with Gasteiger partial charge in [-0.05, 0) is 24.3 Å². The minimum absolute atomic E-state index is 0.0403. The lowest BCUT2D eigenvalue weighted by molar-refractivity contribution is -0.991. The summed E-state index contributed by atoms with van der Waals surface area (Å²) in [4.78, 5) is 23.7. The Morgan fingerprint density at radius 3 is 2.59 bits per heavy atom. The highest BCUT2D eigenvalue weighted by Gasteiger charge is 2.16. The Morgan fingerprint density at radius 1 is 1.18 bits per heavy atom. The van der Waals surface area contributed by atoms with Crippen molar-refractivity contribution in [3.05, 3.63) is 64.9 Å². The Labute approximate surface area is 126 Å². The van der Waals surface area contributed by atoms with Gasteiger partial charge in [0.2, 0.25) is 0 Å². The zero-order valence-corrected chi connectivity index (χ0v) is 11.7. The monoisotopic (exact) mass is 302 g/mol. The van der Waals surface area contributed by atoms with Crippen LogP contribution in [-0.2, 0) is 4.74 Å². The summed E-state index contributed by atoms with van der Waals surface area (Å²) in [7, 11) is 1.26. The summed E-state index contributed by atoms with van der Waals surface area (Å²) < 4.78 is 4.60. The van der Waals surface area contributed by atoms with Crippen LogP contribution in [-0.4, -0.2) is 24.2 Å². The fraction of sp³-hybridized carbons (Fsp3) is 0.0667. The number of esters is 1. The highest BCUT2D eigenvalue weighted by Crippen LogP contribution is 2.16. The molecule has 0 spiro atoms. The SMILES string of the molecule is COC(=O)c1cccc(NC(=O)c2ccccc2[NH+]([O-])O)c1. The molecular formula is C15H14N2O5. The van der Waals surface area contributed by atoms with E-state index >= 15 is 0 Å². The maximum absolute atomic E-state index is 12.2. The van der Waals surface area contributed by atoms with Crippen LogP contribution in [0, 0.1) is 5.21 Å². The predicted molar refractivity (Wildman–Crippen MR) is 78.0 cm³/mol. The zero-order valence-electron chi connectivity index (χ0n) is 11.7. The number of nitrogens with one attached hydrogen (secondary N) is 2. The summed E-state index contributed by atoms with van der Waals surface area (Å²) in [6, 6.07) is 12.1. The van der Waals surface area contributed by atoms with E-state index in [1.165, 1.54) is 31.4 Å². The molecule has 7 nitrogen and oxygen atoms in total. The van der Waals surface area contributed by atoms with Crippen LogP contribution in [0.4, 0.5) is 11.4 Å². The Balaban J connectivity index is 2.25. The average Bonchev–Trinajstić information content (AvgIpc) is 2.54. The number of quaternary nitrogens is 1. The van der Waals surface area contributed by atoms with Gasteiger partial charge in [0.05, 0.1) is 12.7 Å². The smallest absolute Gasteiger partial charge is 0.337 e. The van der Waals surface area contributed by atoms with Crippen LogP contribution in [0.25, 0.3) is 0 Å². The summed E-state index contributed by atoms with van der Waals surface area (Å²) in [5.41, 5.74) is 0.600. The van der Waals surface area contributed by atoms with E-state index in [-0.39, 0.29) is 16.8 Å². The van der Waals surface area contributed by atoms with E-state index in [2.05, 4.69) is 10.1 Å². The van der Waals surface area contributed by atoms with E-state index in [0.717, 1.165) is 0 Å². The van der Waals surface area contributed by atoms with Crippen LogP contribution in [0.5, 0.6) is 0 Å². The average molecular weight is 302 g/mol. The number of rotatable bonds is 4. The van der Waals surface area contributed by atoms with Crippen LogP contribution in [0.2, 0.25) is 0 Å². The van der Waals surface area contributed by atoms with Crippen molar-refractivity contribution in [1.82, 2.24) is 0 Å². The van der Waals surface area contributed by atoms with Gasteiger partial charge < -0.3 is 15.3 Å². The molecule has 0 aliphatic carbocycles. The first-order valence-electron chi connectivity index (χ1n) is 6.35. The van der Waals surface area contributed by atoms with Gasteiger partial charge in [0.25, 0.3) is 5.91 Å². The summed E-state index contributed by atoms with van der Waals surface area (Å²) in [5, 5.41) is 21.6. The van der Waals surface area contributed by atoms with Gasteiger partial charge >= 0.3 is 5.97 Å². The fourth-order valence-electron chi connectivity index (χ4n) is 1.91. The summed E-state index contributed by atoms with van der Waals surface area (Å²) in [6.45, 7) is 0. The van der Waals surface area contributed by atoms with Crippen LogP contribution in [0.3, 0.4) is 0 Å². The number of carbonyl (C=O) groups excluding carboxylic acids is 2. The number of carbonyl (C=O) groups is 2. The molecule has 1 unspecified atom stereocenters. The van der Waals surface area contributed by atoms with Crippen LogP contribution in [0.15, 0.2) is 48.5 Å². The van der Waals surface area contributed by atoms with Crippen molar-refractivity contribution >= 4 is 23.3 Å². The van der Waals surface area contributed by atoms with Crippen molar-refractivity contribution in [3.8, 4) is 0 Å². The number of amides is 1. The highest BCUT2D eigenvalue weighted by atomic mass is 16.8. The van der Waals surface area contributed by atoms with Crippen molar-refractivity contribution in [3.63, 3.8) is 0 Å². The first kappa shape index (κ1) is 15.6. The second kappa shape index (κ2) is 6.81. The molecule has 0 radical (unpaired) electrons. The molecule has 1 atom stereocenters. The van der Waals surface area contributed by atoms with Gasteiger partial charge in [0.15, 0.2) is 5.69 Å². The Hall–Kier alpha value is -2.74. The molecule has 2 aromatic rings. The maximum Gasteiger partial charge on any atom is 0.337 e. The van der Waals surface area contributed by atoms with Crippen LogP contribution >= 0.6 is 0 Å². The van der Waals surface area contributed by atoms with Crippen molar-refractivity contribution < 1.29 is 24.8 Å². The first-order valence-corrected chi connectivity index (χ1v) is 6.35. The topological polar surface area (TPSA) is 103 Å². The van der Waals surface area contributed by atoms with Crippen molar-refractivity contribution in [2.45, 2.75) is 0 Å². The number of hydrogen-bond donors (Lipinski definition) is 3. The summed E-state index contributed by atoms with van der Waals surface area (Å²) >= 11 is 0. The Kier molecular flexibility index (Phi) is 4.84. The number of anilines is 1. The van der Waals surface area contributed by atoms with E-state index in [0.29, 0.717) is 5.69 Å². The van der Waals surface area contributed by atoms with Gasteiger partial charge in [-0.25, -0.2) is 10.0 Å². The van der Waals surface area contributed by atoms with Gasteiger partial charge in [0, 0.05) is 11.8 Å². The van der Waals surface area contributed by atoms with E-state index in [1.54, 1.807) is 24.3 Å². The quantitative estimate of drug-likeness (QED) is 0.580. The lowest BCUT2D eigenvalue weighted by atomic mass is 10.1. The zero-order chi connectivity index (χ0) is 16.1. The van der Waals surface area contributed by atoms with Gasteiger partial charge in [-0.1, -0.05) is 18.2 Å². The molecule has 0 fully saturated rings.